The number of amidine groups is 1. The van der Waals surface area contributed by atoms with Gasteiger partial charge in [0.15, 0.2) is 5.17 Å². The molecule has 1 saturated heterocycles. The van der Waals surface area contributed by atoms with E-state index in [2.05, 4.69) is 15.6 Å². The van der Waals surface area contributed by atoms with Gasteiger partial charge in [-0.2, -0.15) is 0 Å². The number of benzene rings is 3. The number of hydrogen-bond donors (Lipinski definition) is 2. The van der Waals surface area contributed by atoms with Crippen molar-refractivity contribution in [2.24, 2.45) is 4.99 Å². The molecule has 1 fully saturated rings. The molecular formula is C25H20N4O4S2. The molecule has 1 heterocycles. The molecule has 8 nitrogen and oxygen atoms in total. The van der Waals surface area contributed by atoms with E-state index in [-0.39, 0.29) is 23.3 Å². The maximum absolute atomic E-state index is 12.4. The average Bonchev–Trinajstić information content (AvgIpc) is 3.18. The molecule has 3 aromatic rings. The number of nitrogens with zero attached hydrogens (tertiary/aromatic N) is 2. The van der Waals surface area contributed by atoms with Crippen LogP contribution in [-0.4, -0.2) is 27.7 Å². The van der Waals surface area contributed by atoms with Crippen LogP contribution in [0, 0.1) is 17.0 Å². The fourth-order valence-corrected chi connectivity index (χ4v) is 4.77. The number of thioether (sulfide) groups is 2. The van der Waals surface area contributed by atoms with Crippen molar-refractivity contribution in [3.8, 4) is 0 Å². The van der Waals surface area contributed by atoms with Gasteiger partial charge < -0.3 is 10.6 Å². The van der Waals surface area contributed by atoms with Crippen LogP contribution >= 0.6 is 23.5 Å². The summed E-state index contributed by atoms with van der Waals surface area (Å²) < 4.78 is 0. The van der Waals surface area contributed by atoms with Crippen molar-refractivity contribution >= 4 is 63.6 Å². The predicted molar refractivity (Wildman–Crippen MR) is 141 cm³/mol. The van der Waals surface area contributed by atoms with Crippen LogP contribution in [0.3, 0.4) is 0 Å². The SMILES string of the molecule is Cc1ccc(N=C2NC(=O)/C(=C/c3ccc(SCC(=O)Nc4ccccc4)c([N+](=O)[O-])c3)S2)cc1. The lowest BCUT2D eigenvalue weighted by atomic mass is 10.2. The Morgan fingerprint density at radius 3 is 2.60 bits per heavy atom. The lowest BCUT2D eigenvalue weighted by Crippen LogP contribution is -2.19. The van der Waals surface area contributed by atoms with Crippen LogP contribution in [0.15, 0.2) is 87.6 Å². The van der Waals surface area contributed by atoms with Crippen LogP contribution in [-0.2, 0) is 9.59 Å². The molecule has 0 radical (unpaired) electrons. The molecule has 0 atom stereocenters. The number of para-hydroxylation sites is 1. The van der Waals surface area contributed by atoms with Crippen molar-refractivity contribution in [2.75, 3.05) is 11.1 Å². The summed E-state index contributed by atoms with van der Waals surface area (Å²) in [6, 6.07) is 21.2. The summed E-state index contributed by atoms with van der Waals surface area (Å²) in [6.07, 6.45) is 1.58. The molecule has 0 spiro atoms. The number of amides is 2. The molecule has 10 heteroatoms. The quantitative estimate of drug-likeness (QED) is 0.189. The lowest BCUT2D eigenvalue weighted by molar-refractivity contribution is -0.387. The summed E-state index contributed by atoms with van der Waals surface area (Å²) in [5.74, 6) is -0.562. The van der Waals surface area contributed by atoms with Crippen LogP contribution in [0.5, 0.6) is 0 Å². The minimum absolute atomic E-state index is 0.0211. The third kappa shape index (κ3) is 6.58. The number of nitro groups is 1. The Balaban J connectivity index is 1.46. The van der Waals surface area contributed by atoms with Crippen LogP contribution in [0.2, 0.25) is 0 Å². The van der Waals surface area contributed by atoms with E-state index < -0.39 is 4.92 Å². The summed E-state index contributed by atoms with van der Waals surface area (Å²) in [6.45, 7) is 1.98. The highest BCUT2D eigenvalue weighted by molar-refractivity contribution is 8.18. The molecule has 0 aromatic heterocycles. The number of aliphatic imine (C=N–C) groups is 1. The van der Waals surface area contributed by atoms with Gasteiger partial charge in [0.1, 0.15) is 0 Å². The van der Waals surface area contributed by atoms with Crippen LogP contribution in [0.25, 0.3) is 6.08 Å². The van der Waals surface area contributed by atoms with E-state index in [1.54, 1.807) is 42.5 Å². The van der Waals surface area contributed by atoms with Gasteiger partial charge in [-0.15, -0.1) is 11.8 Å². The van der Waals surface area contributed by atoms with E-state index in [4.69, 9.17) is 0 Å². The normalized spacial score (nSPS) is 15.3. The van der Waals surface area contributed by atoms with Gasteiger partial charge in [0, 0.05) is 11.8 Å². The number of carbonyl (C=O) groups excluding carboxylic acids is 2. The number of rotatable bonds is 7. The van der Waals surface area contributed by atoms with E-state index in [9.17, 15) is 19.7 Å². The van der Waals surface area contributed by atoms with E-state index in [1.807, 2.05) is 37.3 Å². The third-order valence-corrected chi connectivity index (χ3v) is 6.78. The fraction of sp³-hybridized carbons (Fsp3) is 0.0800. The Morgan fingerprint density at radius 2 is 1.89 bits per heavy atom. The monoisotopic (exact) mass is 504 g/mol. The zero-order valence-electron chi connectivity index (χ0n) is 18.6. The molecule has 1 aliphatic heterocycles. The van der Waals surface area contributed by atoms with Crippen molar-refractivity contribution in [1.82, 2.24) is 5.32 Å². The molecule has 0 aliphatic carbocycles. The van der Waals surface area contributed by atoms with Crippen molar-refractivity contribution in [1.29, 1.82) is 0 Å². The van der Waals surface area contributed by atoms with Gasteiger partial charge in [-0.1, -0.05) is 42.0 Å². The first-order chi connectivity index (χ1) is 16.9. The van der Waals surface area contributed by atoms with E-state index in [0.29, 0.717) is 31.9 Å². The second kappa shape index (κ2) is 11.0. The van der Waals surface area contributed by atoms with E-state index in [1.165, 1.54) is 17.8 Å². The Labute approximate surface area is 210 Å². The second-order valence-corrected chi connectivity index (χ2v) is 9.55. The summed E-state index contributed by atoms with van der Waals surface area (Å²) >= 11 is 2.25. The maximum Gasteiger partial charge on any atom is 0.283 e. The molecule has 176 valence electrons. The summed E-state index contributed by atoms with van der Waals surface area (Å²) in [4.78, 5) is 40.9. The standard InChI is InChI=1S/C25H20N4O4S2/c1-16-7-10-19(11-8-16)27-25-28-24(31)22(35-25)14-17-9-12-21(20(13-17)29(32)33)34-15-23(30)26-18-5-3-2-4-6-18/h2-14H,15H2,1H3,(H,26,30)(H,27,28,31)/b22-14-. The third-order valence-electron chi connectivity index (χ3n) is 4.81. The minimum Gasteiger partial charge on any atom is -0.325 e. The number of aryl methyl sites for hydroxylation is 1. The van der Waals surface area contributed by atoms with Crippen molar-refractivity contribution in [3.63, 3.8) is 0 Å². The summed E-state index contributed by atoms with van der Waals surface area (Å²) in [7, 11) is 0. The van der Waals surface area contributed by atoms with E-state index in [0.717, 1.165) is 17.3 Å². The van der Waals surface area contributed by atoms with Gasteiger partial charge in [0.2, 0.25) is 5.91 Å². The van der Waals surface area contributed by atoms with Gasteiger partial charge in [0.05, 0.1) is 26.2 Å². The van der Waals surface area contributed by atoms with Gasteiger partial charge >= 0.3 is 0 Å². The molecule has 35 heavy (non-hydrogen) atoms. The number of nitrogens with one attached hydrogen (secondary N) is 2. The van der Waals surface area contributed by atoms with Crippen molar-refractivity contribution in [2.45, 2.75) is 11.8 Å². The van der Waals surface area contributed by atoms with Gasteiger partial charge in [0.25, 0.3) is 11.6 Å². The zero-order valence-corrected chi connectivity index (χ0v) is 20.2. The highest BCUT2D eigenvalue weighted by atomic mass is 32.2. The number of hydrogen-bond acceptors (Lipinski definition) is 7. The molecule has 1 aliphatic rings. The smallest absolute Gasteiger partial charge is 0.283 e. The van der Waals surface area contributed by atoms with Gasteiger partial charge in [-0.3, -0.25) is 19.7 Å². The fourth-order valence-electron chi connectivity index (χ4n) is 3.12. The zero-order chi connectivity index (χ0) is 24.8. The molecular weight excluding hydrogens is 484 g/mol. The highest BCUT2D eigenvalue weighted by Gasteiger charge is 2.24. The van der Waals surface area contributed by atoms with Crippen LogP contribution in [0.1, 0.15) is 11.1 Å². The maximum atomic E-state index is 12.4. The minimum atomic E-state index is -0.494. The first-order valence-corrected chi connectivity index (χ1v) is 12.3. The molecule has 3 aromatic carbocycles. The molecule has 0 unspecified atom stereocenters. The number of carbonyl (C=O) groups is 2. The molecule has 2 amide bonds. The Bertz CT molecular complexity index is 1340. The van der Waals surface area contributed by atoms with Crippen molar-refractivity contribution < 1.29 is 14.5 Å². The first kappa shape index (κ1) is 24.2. The first-order valence-electron chi connectivity index (χ1n) is 10.5. The highest BCUT2D eigenvalue weighted by Crippen LogP contribution is 2.33. The summed E-state index contributed by atoms with van der Waals surface area (Å²) in [5.41, 5.74) is 2.86. The van der Waals surface area contributed by atoms with Gasteiger partial charge in [-0.05, 0) is 60.7 Å². The Kier molecular flexibility index (Phi) is 7.64. The average molecular weight is 505 g/mol. The largest absolute Gasteiger partial charge is 0.325 e. The molecule has 0 saturated carbocycles. The lowest BCUT2D eigenvalue weighted by Gasteiger charge is -2.06. The van der Waals surface area contributed by atoms with Crippen LogP contribution in [0.4, 0.5) is 17.1 Å². The number of anilines is 1. The predicted octanol–water partition coefficient (Wildman–Crippen LogP) is 5.53. The van der Waals surface area contributed by atoms with Gasteiger partial charge in [-0.25, -0.2) is 4.99 Å². The van der Waals surface area contributed by atoms with E-state index >= 15 is 0 Å². The summed E-state index contributed by atoms with van der Waals surface area (Å²) in [5, 5.41) is 17.6. The van der Waals surface area contributed by atoms with Crippen molar-refractivity contribution in [3.05, 3.63) is 98.9 Å². The molecule has 0 bridgehead atoms. The Hall–Kier alpha value is -3.89. The molecule has 2 N–H and O–H groups in total. The topological polar surface area (TPSA) is 114 Å². The van der Waals surface area contributed by atoms with Crippen LogP contribution < -0.4 is 10.6 Å². The second-order valence-electron chi connectivity index (χ2n) is 7.50. The number of nitro benzene ring substituents is 1. The molecule has 4 rings (SSSR count). The Morgan fingerprint density at radius 1 is 1.14 bits per heavy atom.